The normalized spacial score (nSPS) is 27.0. The first-order valence-corrected chi connectivity index (χ1v) is 7.35. The molecule has 0 heterocycles. The van der Waals surface area contributed by atoms with E-state index in [4.69, 9.17) is 0 Å². The summed E-state index contributed by atoms with van der Waals surface area (Å²) in [4.78, 5) is 0. The van der Waals surface area contributed by atoms with Crippen LogP contribution < -0.4 is 5.32 Å². The lowest BCUT2D eigenvalue weighted by Crippen LogP contribution is -2.33. The molecule has 1 rings (SSSR count). The van der Waals surface area contributed by atoms with Gasteiger partial charge in [-0.15, -0.1) is 0 Å². The predicted molar refractivity (Wildman–Crippen MR) is 67.0 cm³/mol. The van der Waals surface area contributed by atoms with Crippen LogP contribution in [0.2, 0.25) is 0 Å². The zero-order valence-electron chi connectivity index (χ0n) is 9.72. The molecule has 0 aromatic carbocycles. The molecule has 0 bridgehead atoms. The highest BCUT2D eigenvalue weighted by Crippen LogP contribution is 2.29. The van der Waals surface area contributed by atoms with E-state index in [0.717, 1.165) is 12.0 Å². The zero-order chi connectivity index (χ0) is 10.2. The number of rotatable bonds is 7. The van der Waals surface area contributed by atoms with Crippen molar-refractivity contribution in [1.82, 2.24) is 5.32 Å². The average molecular weight is 215 g/mol. The van der Waals surface area contributed by atoms with Crippen molar-refractivity contribution in [3.8, 4) is 0 Å². The van der Waals surface area contributed by atoms with Crippen LogP contribution in [0.25, 0.3) is 0 Å². The molecule has 0 spiro atoms. The highest BCUT2D eigenvalue weighted by atomic mass is 32.2. The van der Waals surface area contributed by atoms with Gasteiger partial charge in [0.05, 0.1) is 0 Å². The Kier molecular flexibility index (Phi) is 6.70. The highest BCUT2D eigenvalue weighted by Gasteiger charge is 2.25. The summed E-state index contributed by atoms with van der Waals surface area (Å²) in [5, 5.41) is 3.70. The Hall–Kier alpha value is 0.310. The first-order chi connectivity index (χ1) is 6.88. The van der Waals surface area contributed by atoms with E-state index in [1.165, 1.54) is 50.2 Å². The third-order valence-electron chi connectivity index (χ3n) is 3.15. The number of hydrogen-bond donors (Lipinski definition) is 1. The molecule has 0 aliphatic heterocycles. The first kappa shape index (κ1) is 12.4. The molecule has 1 N–H and O–H groups in total. The van der Waals surface area contributed by atoms with Crippen molar-refractivity contribution in [1.29, 1.82) is 0 Å². The summed E-state index contributed by atoms with van der Waals surface area (Å²) in [5.74, 6) is 3.62. The molecule has 2 heteroatoms. The minimum absolute atomic E-state index is 0.840. The topological polar surface area (TPSA) is 12.0 Å². The van der Waals surface area contributed by atoms with Crippen molar-refractivity contribution in [2.75, 3.05) is 18.1 Å². The van der Waals surface area contributed by atoms with Crippen LogP contribution in [-0.2, 0) is 0 Å². The number of hydrogen-bond acceptors (Lipinski definition) is 2. The summed E-state index contributed by atoms with van der Waals surface area (Å²) in [7, 11) is 0. The molecule has 14 heavy (non-hydrogen) atoms. The molecular weight excluding hydrogens is 190 g/mol. The van der Waals surface area contributed by atoms with Gasteiger partial charge in [0.1, 0.15) is 0 Å². The zero-order valence-corrected chi connectivity index (χ0v) is 10.5. The maximum Gasteiger partial charge on any atom is 0.00956 e. The van der Waals surface area contributed by atoms with Gasteiger partial charge in [-0.1, -0.05) is 20.3 Å². The van der Waals surface area contributed by atoms with Crippen LogP contribution in [0.15, 0.2) is 0 Å². The molecule has 1 nitrogen and oxygen atoms in total. The maximum atomic E-state index is 3.70. The van der Waals surface area contributed by atoms with Gasteiger partial charge in [0.25, 0.3) is 0 Å². The fourth-order valence-corrected chi connectivity index (χ4v) is 3.12. The minimum atomic E-state index is 0.840. The first-order valence-electron chi connectivity index (χ1n) is 6.19. The van der Waals surface area contributed by atoms with Crippen LogP contribution in [0.1, 0.15) is 46.0 Å². The van der Waals surface area contributed by atoms with Gasteiger partial charge in [-0.3, -0.25) is 0 Å². The fourth-order valence-electron chi connectivity index (χ4n) is 2.36. The van der Waals surface area contributed by atoms with Gasteiger partial charge in [0, 0.05) is 6.04 Å². The Morgan fingerprint density at radius 2 is 2.14 bits per heavy atom. The van der Waals surface area contributed by atoms with Gasteiger partial charge in [0.2, 0.25) is 0 Å². The molecule has 0 aromatic rings. The van der Waals surface area contributed by atoms with E-state index in [1.807, 2.05) is 0 Å². The second-order valence-electron chi connectivity index (χ2n) is 4.24. The van der Waals surface area contributed by atoms with Gasteiger partial charge in [-0.2, -0.15) is 11.8 Å². The summed E-state index contributed by atoms with van der Waals surface area (Å²) in [6.45, 7) is 5.72. The average Bonchev–Trinajstić information content (AvgIpc) is 2.63. The molecule has 1 fully saturated rings. The fraction of sp³-hybridized carbons (Fsp3) is 1.00. The summed E-state index contributed by atoms with van der Waals surface area (Å²) in [6, 6.07) is 0.840. The van der Waals surface area contributed by atoms with Gasteiger partial charge in [-0.25, -0.2) is 0 Å². The molecule has 0 amide bonds. The molecule has 1 aliphatic carbocycles. The molecule has 0 saturated heterocycles. The van der Waals surface area contributed by atoms with Gasteiger partial charge in [0.15, 0.2) is 0 Å². The lowest BCUT2D eigenvalue weighted by atomic mass is 10.0. The summed E-state index contributed by atoms with van der Waals surface area (Å²) < 4.78 is 0. The van der Waals surface area contributed by atoms with Crippen molar-refractivity contribution in [3.63, 3.8) is 0 Å². The standard InChI is InChI=1S/C12H25NS/c1-3-9-13-12-7-5-6-11(12)8-10-14-4-2/h11-13H,3-10H2,1-2H3. The van der Waals surface area contributed by atoms with E-state index in [2.05, 4.69) is 30.9 Å². The Morgan fingerprint density at radius 1 is 1.29 bits per heavy atom. The van der Waals surface area contributed by atoms with Crippen LogP contribution in [0.5, 0.6) is 0 Å². The Labute approximate surface area is 93.4 Å². The molecule has 2 atom stereocenters. The van der Waals surface area contributed by atoms with Crippen molar-refractivity contribution in [2.45, 2.75) is 52.0 Å². The lowest BCUT2D eigenvalue weighted by Gasteiger charge is -2.20. The van der Waals surface area contributed by atoms with E-state index < -0.39 is 0 Å². The maximum absolute atomic E-state index is 3.70. The van der Waals surface area contributed by atoms with Crippen LogP contribution in [0.3, 0.4) is 0 Å². The smallest absolute Gasteiger partial charge is 0.00956 e. The summed E-state index contributed by atoms with van der Waals surface area (Å²) in [5.41, 5.74) is 0. The molecule has 0 aromatic heterocycles. The van der Waals surface area contributed by atoms with Crippen molar-refractivity contribution in [3.05, 3.63) is 0 Å². The van der Waals surface area contributed by atoms with E-state index >= 15 is 0 Å². The molecule has 2 unspecified atom stereocenters. The number of thioether (sulfide) groups is 1. The Morgan fingerprint density at radius 3 is 2.86 bits per heavy atom. The van der Waals surface area contributed by atoms with E-state index in [-0.39, 0.29) is 0 Å². The summed E-state index contributed by atoms with van der Waals surface area (Å²) in [6.07, 6.45) is 7.03. The van der Waals surface area contributed by atoms with Crippen LogP contribution in [-0.4, -0.2) is 24.1 Å². The third kappa shape index (κ3) is 4.22. The van der Waals surface area contributed by atoms with Crippen LogP contribution >= 0.6 is 11.8 Å². The van der Waals surface area contributed by atoms with Crippen LogP contribution in [0.4, 0.5) is 0 Å². The quantitative estimate of drug-likeness (QED) is 0.654. The van der Waals surface area contributed by atoms with Crippen LogP contribution in [0, 0.1) is 5.92 Å². The van der Waals surface area contributed by atoms with Gasteiger partial charge < -0.3 is 5.32 Å². The van der Waals surface area contributed by atoms with Crippen molar-refractivity contribution in [2.24, 2.45) is 5.92 Å². The lowest BCUT2D eigenvalue weighted by molar-refractivity contribution is 0.393. The number of nitrogens with one attached hydrogen (secondary N) is 1. The summed E-state index contributed by atoms with van der Waals surface area (Å²) >= 11 is 2.09. The Balaban J connectivity index is 2.14. The SMILES string of the molecule is CCCNC1CCCC1CCSCC. The van der Waals surface area contributed by atoms with E-state index in [0.29, 0.717) is 0 Å². The van der Waals surface area contributed by atoms with Gasteiger partial charge in [-0.05, 0) is 49.7 Å². The Bertz CT molecular complexity index is 138. The highest BCUT2D eigenvalue weighted by molar-refractivity contribution is 7.99. The second-order valence-corrected chi connectivity index (χ2v) is 5.63. The minimum Gasteiger partial charge on any atom is -0.314 e. The van der Waals surface area contributed by atoms with E-state index in [9.17, 15) is 0 Å². The van der Waals surface area contributed by atoms with E-state index in [1.54, 1.807) is 0 Å². The second kappa shape index (κ2) is 7.58. The van der Waals surface area contributed by atoms with Crippen molar-refractivity contribution < 1.29 is 0 Å². The molecule has 1 aliphatic rings. The molecule has 84 valence electrons. The molecule has 1 saturated carbocycles. The monoisotopic (exact) mass is 215 g/mol. The molecule has 0 radical (unpaired) electrons. The van der Waals surface area contributed by atoms with Crippen molar-refractivity contribution >= 4 is 11.8 Å². The van der Waals surface area contributed by atoms with Gasteiger partial charge >= 0.3 is 0 Å². The predicted octanol–water partition coefficient (Wildman–Crippen LogP) is 3.30. The third-order valence-corrected chi connectivity index (χ3v) is 4.09. The largest absolute Gasteiger partial charge is 0.314 e. The molecular formula is C12H25NS.